The molecule has 0 N–H and O–H groups in total. The first kappa shape index (κ1) is 18.2. The maximum Gasteiger partial charge on any atom is 0.324 e. The van der Waals surface area contributed by atoms with Gasteiger partial charge in [-0.25, -0.2) is 0 Å². The zero-order valence-corrected chi connectivity index (χ0v) is 16.2. The summed E-state index contributed by atoms with van der Waals surface area (Å²) in [5.41, 5.74) is 0.150. The van der Waals surface area contributed by atoms with Crippen molar-refractivity contribution >= 4 is 5.97 Å². The van der Waals surface area contributed by atoms with E-state index < -0.39 is 5.60 Å². The molecule has 2 heterocycles. The van der Waals surface area contributed by atoms with Crippen molar-refractivity contribution in [3.8, 4) is 0 Å². The van der Waals surface area contributed by atoms with Crippen LogP contribution in [0, 0.1) is 11.3 Å². The quantitative estimate of drug-likeness (QED) is 0.735. The fourth-order valence-corrected chi connectivity index (χ4v) is 5.28. The molecule has 2 atom stereocenters. The van der Waals surface area contributed by atoms with Gasteiger partial charge in [-0.2, -0.15) is 0 Å². The second kappa shape index (κ2) is 6.28. The molecule has 3 fully saturated rings. The highest BCUT2D eigenvalue weighted by molar-refractivity contribution is 5.76. The molecule has 1 aliphatic carbocycles. The van der Waals surface area contributed by atoms with Crippen LogP contribution in [0.15, 0.2) is 0 Å². The number of rotatable bonds is 3. The van der Waals surface area contributed by atoms with Gasteiger partial charge in [0.15, 0.2) is 0 Å². The molecule has 4 nitrogen and oxygen atoms in total. The van der Waals surface area contributed by atoms with Crippen LogP contribution in [-0.4, -0.2) is 47.8 Å². The van der Waals surface area contributed by atoms with Crippen molar-refractivity contribution in [3.63, 3.8) is 0 Å². The van der Waals surface area contributed by atoms with Gasteiger partial charge in [0.2, 0.25) is 0 Å². The zero-order chi connectivity index (χ0) is 17.6. The highest BCUT2D eigenvalue weighted by Crippen LogP contribution is 2.53. The SMILES string of the molecule is CC(C)[C@@H](C(=O)OC(C)(C)C)N1CCC[C@@]12CCCC1(COC1)C2. The average molecular weight is 338 g/mol. The molecule has 3 rings (SSSR count). The minimum Gasteiger partial charge on any atom is -0.459 e. The predicted octanol–water partition coefficient (Wildman–Crippen LogP) is 3.78. The molecular formula is C20H35NO3. The molecular weight excluding hydrogens is 302 g/mol. The molecule has 0 unspecified atom stereocenters. The first-order valence-electron chi connectivity index (χ1n) is 9.74. The summed E-state index contributed by atoms with van der Waals surface area (Å²) in [6, 6.07) is -0.122. The summed E-state index contributed by atoms with van der Waals surface area (Å²) in [5.74, 6) is 0.230. The Hall–Kier alpha value is -0.610. The lowest BCUT2D eigenvalue weighted by Gasteiger charge is -2.55. The van der Waals surface area contributed by atoms with Gasteiger partial charge in [-0.3, -0.25) is 9.69 Å². The van der Waals surface area contributed by atoms with Gasteiger partial charge in [-0.05, 0) is 65.3 Å². The number of esters is 1. The maximum absolute atomic E-state index is 13.0. The third-order valence-electron chi connectivity index (χ3n) is 6.14. The Labute approximate surface area is 147 Å². The largest absolute Gasteiger partial charge is 0.459 e. The highest BCUT2D eigenvalue weighted by atomic mass is 16.6. The summed E-state index contributed by atoms with van der Waals surface area (Å²) in [4.78, 5) is 15.5. The molecule has 0 aromatic heterocycles. The molecule has 1 saturated carbocycles. The van der Waals surface area contributed by atoms with Gasteiger partial charge >= 0.3 is 5.97 Å². The van der Waals surface area contributed by atoms with Crippen LogP contribution in [0.25, 0.3) is 0 Å². The molecule has 2 spiro atoms. The van der Waals surface area contributed by atoms with Gasteiger partial charge in [0, 0.05) is 11.0 Å². The number of nitrogens with zero attached hydrogens (tertiary/aromatic N) is 1. The van der Waals surface area contributed by atoms with Gasteiger partial charge in [-0.15, -0.1) is 0 Å². The molecule has 0 aromatic rings. The first-order chi connectivity index (χ1) is 11.2. The number of hydrogen-bond donors (Lipinski definition) is 0. The Morgan fingerprint density at radius 3 is 2.33 bits per heavy atom. The van der Waals surface area contributed by atoms with E-state index in [1.165, 1.54) is 38.5 Å². The standard InChI is InChI=1S/C20H35NO3/c1-15(2)16(17(22)24-18(3,4)5)21-11-7-10-20(21)9-6-8-19(12-20)13-23-14-19/h15-16H,6-14H2,1-5H3/t16-,20+/m0/s1. The van der Waals surface area contributed by atoms with Crippen LogP contribution in [0.1, 0.15) is 73.1 Å². The normalized spacial score (nSPS) is 31.4. The third-order valence-corrected chi connectivity index (χ3v) is 6.14. The fraction of sp³-hybridized carbons (Fsp3) is 0.950. The van der Waals surface area contributed by atoms with E-state index in [-0.39, 0.29) is 23.5 Å². The summed E-state index contributed by atoms with van der Waals surface area (Å²) in [7, 11) is 0. The number of likely N-dealkylation sites (tertiary alicyclic amines) is 1. The van der Waals surface area contributed by atoms with Crippen molar-refractivity contribution < 1.29 is 14.3 Å². The van der Waals surface area contributed by atoms with Crippen LogP contribution in [0.5, 0.6) is 0 Å². The number of carbonyl (C=O) groups excluding carboxylic acids is 1. The minimum atomic E-state index is -0.424. The fourth-order valence-electron chi connectivity index (χ4n) is 5.28. The lowest BCUT2D eigenvalue weighted by molar-refractivity contribution is -0.177. The van der Waals surface area contributed by atoms with E-state index in [1.54, 1.807) is 0 Å². The second-order valence-corrected chi connectivity index (χ2v) is 9.77. The van der Waals surface area contributed by atoms with E-state index in [0.29, 0.717) is 5.41 Å². The van der Waals surface area contributed by atoms with E-state index in [4.69, 9.17) is 9.47 Å². The van der Waals surface area contributed by atoms with Crippen molar-refractivity contribution in [1.82, 2.24) is 4.90 Å². The van der Waals surface area contributed by atoms with Crippen LogP contribution >= 0.6 is 0 Å². The van der Waals surface area contributed by atoms with E-state index in [0.717, 1.165) is 19.8 Å². The third kappa shape index (κ3) is 3.37. The lowest BCUT2D eigenvalue weighted by atomic mass is 9.63. The minimum absolute atomic E-state index is 0.0387. The Balaban J connectivity index is 1.82. The monoisotopic (exact) mass is 337 g/mol. The van der Waals surface area contributed by atoms with Crippen LogP contribution < -0.4 is 0 Å². The number of carbonyl (C=O) groups is 1. The molecule has 0 aromatic carbocycles. The Morgan fingerprint density at radius 1 is 1.12 bits per heavy atom. The Kier molecular flexibility index (Phi) is 4.76. The van der Waals surface area contributed by atoms with Gasteiger partial charge < -0.3 is 9.47 Å². The molecule has 0 amide bonds. The molecule has 138 valence electrons. The van der Waals surface area contributed by atoms with Crippen LogP contribution in [0.4, 0.5) is 0 Å². The van der Waals surface area contributed by atoms with Crippen LogP contribution in [0.2, 0.25) is 0 Å². The highest BCUT2D eigenvalue weighted by Gasteiger charge is 2.55. The van der Waals surface area contributed by atoms with E-state index in [9.17, 15) is 4.79 Å². The van der Waals surface area contributed by atoms with E-state index in [2.05, 4.69) is 18.7 Å². The molecule has 2 saturated heterocycles. The maximum atomic E-state index is 13.0. The second-order valence-electron chi connectivity index (χ2n) is 9.77. The van der Waals surface area contributed by atoms with Crippen molar-refractivity contribution in [3.05, 3.63) is 0 Å². The predicted molar refractivity (Wildman–Crippen MR) is 94.9 cm³/mol. The Morgan fingerprint density at radius 2 is 1.79 bits per heavy atom. The van der Waals surface area contributed by atoms with E-state index >= 15 is 0 Å². The molecule has 24 heavy (non-hydrogen) atoms. The van der Waals surface area contributed by atoms with Gasteiger partial charge in [-0.1, -0.05) is 20.3 Å². The summed E-state index contributed by atoms with van der Waals surface area (Å²) in [6.07, 6.45) is 7.40. The van der Waals surface area contributed by atoms with Crippen LogP contribution in [0.3, 0.4) is 0 Å². The average Bonchev–Trinajstić information content (AvgIpc) is 2.78. The molecule has 0 bridgehead atoms. The molecule has 3 aliphatic rings. The molecule has 2 aliphatic heterocycles. The summed E-state index contributed by atoms with van der Waals surface area (Å²) < 4.78 is 11.4. The first-order valence-corrected chi connectivity index (χ1v) is 9.74. The van der Waals surface area contributed by atoms with Crippen molar-refractivity contribution in [2.75, 3.05) is 19.8 Å². The number of ether oxygens (including phenoxy) is 2. The van der Waals surface area contributed by atoms with Crippen LogP contribution in [-0.2, 0) is 14.3 Å². The van der Waals surface area contributed by atoms with Crippen molar-refractivity contribution in [1.29, 1.82) is 0 Å². The van der Waals surface area contributed by atoms with E-state index in [1.807, 2.05) is 20.8 Å². The topological polar surface area (TPSA) is 38.8 Å². The van der Waals surface area contributed by atoms with Crippen molar-refractivity contribution in [2.45, 2.75) is 90.3 Å². The summed E-state index contributed by atoms with van der Waals surface area (Å²) in [5, 5.41) is 0. The molecule has 0 radical (unpaired) electrons. The number of hydrogen-bond acceptors (Lipinski definition) is 4. The smallest absolute Gasteiger partial charge is 0.324 e. The zero-order valence-electron chi connectivity index (χ0n) is 16.2. The van der Waals surface area contributed by atoms with Crippen molar-refractivity contribution in [2.24, 2.45) is 11.3 Å². The molecule has 4 heteroatoms. The summed E-state index contributed by atoms with van der Waals surface area (Å²) >= 11 is 0. The van der Waals surface area contributed by atoms with Gasteiger partial charge in [0.1, 0.15) is 11.6 Å². The lowest BCUT2D eigenvalue weighted by Crippen LogP contribution is -2.61. The van der Waals surface area contributed by atoms with Gasteiger partial charge in [0.05, 0.1) is 13.2 Å². The van der Waals surface area contributed by atoms with Gasteiger partial charge in [0.25, 0.3) is 0 Å². The summed E-state index contributed by atoms with van der Waals surface area (Å²) in [6.45, 7) is 13.1. The Bertz CT molecular complexity index is 478.